The minimum Gasteiger partial charge on any atom is -0.455 e. The van der Waals surface area contributed by atoms with Crippen LogP contribution >= 0.6 is 0 Å². The number of carbonyl (C=O) groups excluding carboxylic acids is 1. The van der Waals surface area contributed by atoms with Crippen LogP contribution in [0.25, 0.3) is 0 Å². The van der Waals surface area contributed by atoms with Crippen LogP contribution in [-0.2, 0) is 19.0 Å². The molecule has 0 bridgehead atoms. The zero-order valence-corrected chi connectivity index (χ0v) is 27.9. The smallest absolute Gasteiger partial charge is 0.334 e. The van der Waals surface area contributed by atoms with E-state index < -0.39 is 30.5 Å². The van der Waals surface area contributed by atoms with Crippen molar-refractivity contribution in [2.75, 3.05) is 26.4 Å². The van der Waals surface area contributed by atoms with Crippen molar-refractivity contribution in [3.63, 3.8) is 0 Å². The van der Waals surface area contributed by atoms with Gasteiger partial charge in [-0.1, -0.05) is 110 Å². The molecule has 1 rings (SSSR count). The molecule has 1 heterocycles. The van der Waals surface area contributed by atoms with Crippen LogP contribution in [-0.4, -0.2) is 94.6 Å². The lowest BCUT2D eigenvalue weighted by Crippen LogP contribution is -2.36. The Balaban J connectivity index is 1.89. The molecule has 0 fully saturated rings. The number of hydrogen-bond acceptors (Lipinski definition) is 9. The summed E-state index contributed by atoms with van der Waals surface area (Å²) in [5, 5.41) is 50.5. The monoisotopic (exact) mass is 630 g/mol. The Bertz CT molecular complexity index is 716. The van der Waals surface area contributed by atoms with Gasteiger partial charge in [0.25, 0.3) is 0 Å². The standard InChI is InChI=1S/C35H66O9/c1-3-4-5-6-7-10-14-17-20-31(37)24-42-26-33(39)34(40)27-43-25-32(38)21-18-15-12-9-8-11-13-16-19-30(36)23-29-22-28(2)44-35(29)41/h22,28,30-34,36-40H,3-21,23-27H2,1-2H3/t28-,30-,31-,32-,33+,34+/m0/s1. The van der Waals surface area contributed by atoms with Gasteiger partial charge in [0, 0.05) is 12.0 Å². The summed E-state index contributed by atoms with van der Waals surface area (Å²) in [6.45, 7) is 4.15. The molecule has 0 saturated carbocycles. The summed E-state index contributed by atoms with van der Waals surface area (Å²) in [6, 6.07) is 0. The number of cyclic esters (lactones) is 1. The number of esters is 1. The second kappa shape index (κ2) is 27.1. The molecule has 1 aliphatic rings. The molecular formula is C35H66O9. The van der Waals surface area contributed by atoms with Gasteiger partial charge in [-0.15, -0.1) is 0 Å². The molecule has 1 aliphatic heterocycles. The average Bonchev–Trinajstić information content (AvgIpc) is 3.30. The zero-order valence-electron chi connectivity index (χ0n) is 27.9. The third-order valence-corrected chi connectivity index (χ3v) is 8.30. The van der Waals surface area contributed by atoms with Crippen molar-refractivity contribution < 1.29 is 44.5 Å². The predicted molar refractivity (Wildman–Crippen MR) is 173 cm³/mol. The fraction of sp³-hybridized carbons (Fsp3) is 0.914. The van der Waals surface area contributed by atoms with Crippen LogP contribution < -0.4 is 0 Å². The van der Waals surface area contributed by atoms with Crippen LogP contribution in [0.1, 0.15) is 142 Å². The number of hydrogen-bond donors (Lipinski definition) is 5. The Kier molecular flexibility index (Phi) is 25.2. The molecule has 0 spiro atoms. The average molecular weight is 631 g/mol. The molecule has 5 N–H and O–H groups in total. The van der Waals surface area contributed by atoms with E-state index in [0.29, 0.717) is 31.3 Å². The minimum atomic E-state index is -1.11. The lowest BCUT2D eigenvalue weighted by atomic mass is 10.0. The van der Waals surface area contributed by atoms with E-state index in [1.165, 1.54) is 38.5 Å². The van der Waals surface area contributed by atoms with E-state index in [2.05, 4.69) is 6.92 Å². The first-order chi connectivity index (χ1) is 21.2. The highest BCUT2D eigenvalue weighted by Crippen LogP contribution is 2.21. The summed E-state index contributed by atoms with van der Waals surface area (Å²) in [5.74, 6) is -0.302. The lowest BCUT2D eigenvalue weighted by Gasteiger charge is -2.20. The molecule has 0 amide bonds. The van der Waals surface area contributed by atoms with Crippen molar-refractivity contribution in [3.8, 4) is 0 Å². The van der Waals surface area contributed by atoms with Gasteiger partial charge in [-0.2, -0.15) is 0 Å². The highest BCUT2D eigenvalue weighted by atomic mass is 16.5. The van der Waals surface area contributed by atoms with E-state index in [0.717, 1.165) is 64.2 Å². The number of aliphatic hydroxyl groups is 5. The number of ether oxygens (including phenoxy) is 3. The number of unbranched alkanes of at least 4 members (excludes halogenated alkanes) is 14. The van der Waals surface area contributed by atoms with Crippen LogP contribution in [0.15, 0.2) is 11.6 Å². The fourth-order valence-corrected chi connectivity index (χ4v) is 5.51. The Labute approximate surface area is 267 Å². The third kappa shape index (κ3) is 22.4. The first kappa shape index (κ1) is 41.0. The minimum absolute atomic E-state index is 0.0701. The van der Waals surface area contributed by atoms with E-state index >= 15 is 0 Å². The Morgan fingerprint density at radius 3 is 1.39 bits per heavy atom. The maximum Gasteiger partial charge on any atom is 0.334 e. The van der Waals surface area contributed by atoms with Crippen LogP contribution in [0.3, 0.4) is 0 Å². The first-order valence-corrected chi connectivity index (χ1v) is 17.7. The van der Waals surface area contributed by atoms with Gasteiger partial charge in [0.05, 0.1) is 44.7 Å². The van der Waals surface area contributed by atoms with Crippen molar-refractivity contribution in [3.05, 3.63) is 11.6 Å². The summed E-state index contributed by atoms with van der Waals surface area (Å²) in [7, 11) is 0. The molecule has 9 nitrogen and oxygen atoms in total. The second-order valence-corrected chi connectivity index (χ2v) is 12.8. The molecule has 0 aromatic heterocycles. The van der Waals surface area contributed by atoms with Crippen LogP contribution in [0, 0.1) is 0 Å². The molecular weight excluding hydrogens is 564 g/mol. The molecule has 0 unspecified atom stereocenters. The molecule has 0 aliphatic carbocycles. The van der Waals surface area contributed by atoms with Crippen molar-refractivity contribution in [1.82, 2.24) is 0 Å². The molecule has 44 heavy (non-hydrogen) atoms. The Morgan fingerprint density at radius 1 is 0.614 bits per heavy atom. The number of rotatable bonds is 31. The summed E-state index contributed by atoms with van der Waals surface area (Å²) in [6.07, 6.45) is 18.4. The van der Waals surface area contributed by atoms with Gasteiger partial charge in [0.15, 0.2) is 0 Å². The number of aliphatic hydroxyl groups excluding tert-OH is 5. The lowest BCUT2D eigenvalue weighted by molar-refractivity contribution is -0.139. The van der Waals surface area contributed by atoms with E-state index in [-0.39, 0.29) is 38.5 Å². The largest absolute Gasteiger partial charge is 0.455 e. The van der Waals surface area contributed by atoms with Gasteiger partial charge >= 0.3 is 5.97 Å². The molecule has 9 heteroatoms. The van der Waals surface area contributed by atoms with Crippen molar-refractivity contribution >= 4 is 5.97 Å². The van der Waals surface area contributed by atoms with Gasteiger partial charge < -0.3 is 39.7 Å². The summed E-state index contributed by atoms with van der Waals surface area (Å²) in [5.41, 5.74) is 0.593. The van der Waals surface area contributed by atoms with Gasteiger partial charge in [0.2, 0.25) is 0 Å². The predicted octanol–water partition coefficient (Wildman–Crippen LogP) is 5.52. The van der Waals surface area contributed by atoms with Crippen molar-refractivity contribution in [2.24, 2.45) is 0 Å². The van der Waals surface area contributed by atoms with E-state index in [9.17, 15) is 30.3 Å². The van der Waals surface area contributed by atoms with Crippen LogP contribution in [0.4, 0.5) is 0 Å². The van der Waals surface area contributed by atoms with Gasteiger partial charge in [-0.25, -0.2) is 4.79 Å². The highest BCUT2D eigenvalue weighted by Gasteiger charge is 2.24. The van der Waals surface area contributed by atoms with E-state index in [1.807, 2.05) is 6.92 Å². The highest BCUT2D eigenvalue weighted by molar-refractivity contribution is 5.90. The molecule has 0 aromatic carbocycles. The molecule has 260 valence electrons. The van der Waals surface area contributed by atoms with E-state index in [1.54, 1.807) is 6.08 Å². The quantitative estimate of drug-likeness (QED) is 0.0494. The second-order valence-electron chi connectivity index (χ2n) is 12.8. The van der Waals surface area contributed by atoms with E-state index in [4.69, 9.17) is 14.2 Å². The first-order valence-electron chi connectivity index (χ1n) is 17.7. The van der Waals surface area contributed by atoms with Gasteiger partial charge in [0.1, 0.15) is 18.3 Å². The number of carbonyl (C=O) groups is 1. The maximum absolute atomic E-state index is 11.6. The molecule has 0 aromatic rings. The van der Waals surface area contributed by atoms with Crippen LogP contribution in [0.2, 0.25) is 0 Å². The Morgan fingerprint density at radius 2 is 1.00 bits per heavy atom. The third-order valence-electron chi connectivity index (χ3n) is 8.30. The summed E-state index contributed by atoms with van der Waals surface area (Å²) < 4.78 is 15.9. The Hall–Kier alpha value is -1.07. The molecule has 0 saturated heterocycles. The maximum atomic E-state index is 11.6. The van der Waals surface area contributed by atoms with Gasteiger partial charge in [-0.3, -0.25) is 0 Å². The summed E-state index contributed by atoms with van der Waals surface area (Å²) >= 11 is 0. The molecule has 6 atom stereocenters. The van der Waals surface area contributed by atoms with Crippen molar-refractivity contribution in [2.45, 2.75) is 179 Å². The fourth-order valence-electron chi connectivity index (χ4n) is 5.51. The molecule has 0 radical (unpaired) electrons. The SMILES string of the molecule is CCCCCCCCCC[C@H](O)COC[C@@H](O)[C@H](O)COC[C@@H](O)CCCCCCCCCC[C@H](O)CC1=C[C@H](C)OC1=O. The van der Waals surface area contributed by atoms with Crippen LogP contribution in [0.5, 0.6) is 0 Å². The summed E-state index contributed by atoms with van der Waals surface area (Å²) in [4.78, 5) is 11.6. The topological polar surface area (TPSA) is 146 Å². The normalized spacial score (nSPS) is 18.6. The van der Waals surface area contributed by atoms with Gasteiger partial charge in [-0.05, 0) is 32.3 Å². The zero-order chi connectivity index (χ0) is 32.4. The van der Waals surface area contributed by atoms with Crippen molar-refractivity contribution in [1.29, 1.82) is 0 Å².